The summed E-state index contributed by atoms with van der Waals surface area (Å²) < 4.78 is 41.0. The molecule has 8 heteroatoms. The normalized spacial score (nSPS) is 10.9. The lowest BCUT2D eigenvalue weighted by molar-refractivity contribution is -0.152. The van der Waals surface area contributed by atoms with Gasteiger partial charge in [-0.2, -0.15) is 13.2 Å². The van der Waals surface area contributed by atoms with Crippen LogP contribution in [-0.4, -0.2) is 23.5 Å². The molecule has 1 rings (SSSR count). The number of nitrogens with one attached hydrogen (secondary N) is 1. The Labute approximate surface area is 100.0 Å². The standard InChI is InChI=1S/C10H9F3N2O3/c1-2-18-9(17)8(16)15-7-4-3-6(5-14-7)10(11,12)13/h3-5H,2H2,1H3,(H,14,15,16). The molecule has 98 valence electrons. The largest absolute Gasteiger partial charge is 0.459 e. The fourth-order valence-electron chi connectivity index (χ4n) is 0.999. The number of rotatable bonds is 2. The maximum absolute atomic E-state index is 12.2. The predicted octanol–water partition coefficient (Wildman–Crippen LogP) is 1.60. The highest BCUT2D eigenvalue weighted by Crippen LogP contribution is 2.28. The van der Waals surface area contributed by atoms with Crippen molar-refractivity contribution in [3.05, 3.63) is 23.9 Å². The zero-order valence-corrected chi connectivity index (χ0v) is 9.25. The molecule has 1 aromatic heterocycles. The number of aromatic nitrogens is 1. The number of pyridine rings is 1. The number of alkyl halides is 3. The molecule has 5 nitrogen and oxygen atoms in total. The molecule has 0 saturated carbocycles. The van der Waals surface area contributed by atoms with Gasteiger partial charge in [0.1, 0.15) is 5.82 Å². The van der Waals surface area contributed by atoms with Gasteiger partial charge in [-0.3, -0.25) is 4.79 Å². The highest BCUT2D eigenvalue weighted by molar-refractivity contribution is 6.37. The Balaban J connectivity index is 2.70. The van der Waals surface area contributed by atoms with Crippen LogP contribution in [0.25, 0.3) is 0 Å². The highest BCUT2D eigenvalue weighted by Gasteiger charge is 2.30. The van der Waals surface area contributed by atoms with Crippen LogP contribution in [0.1, 0.15) is 12.5 Å². The van der Waals surface area contributed by atoms with E-state index in [1.807, 2.05) is 5.32 Å². The first-order valence-corrected chi connectivity index (χ1v) is 4.86. The topological polar surface area (TPSA) is 68.3 Å². The summed E-state index contributed by atoms with van der Waals surface area (Å²) in [7, 11) is 0. The number of esters is 1. The Morgan fingerprint density at radius 1 is 1.39 bits per heavy atom. The molecule has 0 spiro atoms. The number of nitrogens with zero attached hydrogens (tertiary/aromatic N) is 1. The number of halogens is 3. The second kappa shape index (κ2) is 5.48. The Kier molecular flexibility index (Phi) is 4.24. The van der Waals surface area contributed by atoms with Crippen LogP contribution in [0.2, 0.25) is 0 Å². The van der Waals surface area contributed by atoms with E-state index in [4.69, 9.17) is 0 Å². The van der Waals surface area contributed by atoms with Gasteiger partial charge in [0.2, 0.25) is 0 Å². The molecule has 0 unspecified atom stereocenters. The first-order chi connectivity index (χ1) is 8.34. The number of ether oxygens (including phenoxy) is 1. The van der Waals surface area contributed by atoms with E-state index in [-0.39, 0.29) is 12.4 Å². The molecule has 0 aliphatic rings. The predicted molar refractivity (Wildman–Crippen MR) is 54.5 cm³/mol. The van der Waals surface area contributed by atoms with Gasteiger partial charge in [0.05, 0.1) is 12.2 Å². The Bertz CT molecular complexity index is 443. The third-order valence-electron chi connectivity index (χ3n) is 1.79. The average molecular weight is 262 g/mol. The average Bonchev–Trinajstić information content (AvgIpc) is 2.28. The van der Waals surface area contributed by atoms with E-state index < -0.39 is 23.6 Å². The molecular formula is C10H9F3N2O3. The van der Waals surface area contributed by atoms with Gasteiger partial charge in [-0.15, -0.1) is 0 Å². The van der Waals surface area contributed by atoms with Crippen LogP contribution in [0.3, 0.4) is 0 Å². The van der Waals surface area contributed by atoms with E-state index in [1.165, 1.54) is 6.92 Å². The second-order valence-electron chi connectivity index (χ2n) is 3.10. The second-order valence-corrected chi connectivity index (χ2v) is 3.10. The van der Waals surface area contributed by atoms with Crippen LogP contribution in [0.5, 0.6) is 0 Å². The molecule has 0 atom stereocenters. The van der Waals surface area contributed by atoms with Crippen molar-refractivity contribution in [3.63, 3.8) is 0 Å². The fourth-order valence-corrected chi connectivity index (χ4v) is 0.999. The molecular weight excluding hydrogens is 253 g/mol. The summed E-state index contributed by atoms with van der Waals surface area (Å²) in [4.78, 5) is 25.4. The maximum Gasteiger partial charge on any atom is 0.417 e. The van der Waals surface area contributed by atoms with Crippen LogP contribution in [0.4, 0.5) is 19.0 Å². The third kappa shape index (κ3) is 3.72. The zero-order chi connectivity index (χ0) is 13.8. The van der Waals surface area contributed by atoms with Gasteiger partial charge < -0.3 is 10.1 Å². The molecule has 1 N–H and O–H groups in total. The smallest absolute Gasteiger partial charge is 0.417 e. The van der Waals surface area contributed by atoms with Crippen molar-refractivity contribution in [1.29, 1.82) is 0 Å². The maximum atomic E-state index is 12.2. The molecule has 0 aromatic carbocycles. The van der Waals surface area contributed by atoms with Crippen LogP contribution >= 0.6 is 0 Å². The van der Waals surface area contributed by atoms with Gasteiger partial charge in [-0.05, 0) is 19.1 Å². The minimum atomic E-state index is -4.50. The minimum Gasteiger partial charge on any atom is -0.459 e. The lowest BCUT2D eigenvalue weighted by atomic mass is 10.3. The summed E-state index contributed by atoms with van der Waals surface area (Å²) in [6, 6.07) is 1.69. The summed E-state index contributed by atoms with van der Waals surface area (Å²) in [6.07, 6.45) is -3.95. The first-order valence-electron chi connectivity index (χ1n) is 4.86. The van der Waals surface area contributed by atoms with Crippen LogP contribution in [-0.2, 0) is 20.5 Å². The summed E-state index contributed by atoms with van der Waals surface area (Å²) in [5.41, 5.74) is -0.948. The van der Waals surface area contributed by atoms with E-state index in [9.17, 15) is 22.8 Å². The molecule has 1 aromatic rings. The molecule has 0 bridgehead atoms. The van der Waals surface area contributed by atoms with Gasteiger partial charge in [-0.25, -0.2) is 9.78 Å². The fraction of sp³-hybridized carbons (Fsp3) is 0.300. The quantitative estimate of drug-likeness (QED) is 0.649. The summed E-state index contributed by atoms with van der Waals surface area (Å²) in [5, 5.41) is 2.01. The summed E-state index contributed by atoms with van der Waals surface area (Å²) in [6.45, 7) is 1.54. The van der Waals surface area contributed by atoms with E-state index in [1.54, 1.807) is 0 Å². The molecule has 1 amide bonds. The number of amides is 1. The zero-order valence-electron chi connectivity index (χ0n) is 9.25. The van der Waals surface area contributed by atoms with Crippen LogP contribution < -0.4 is 5.32 Å². The van der Waals surface area contributed by atoms with E-state index >= 15 is 0 Å². The van der Waals surface area contributed by atoms with Gasteiger partial charge in [0.25, 0.3) is 0 Å². The lowest BCUT2D eigenvalue weighted by Gasteiger charge is -2.07. The lowest BCUT2D eigenvalue weighted by Crippen LogP contribution is -2.25. The minimum absolute atomic E-state index is 0.0205. The van der Waals surface area contributed by atoms with E-state index in [0.717, 1.165) is 12.1 Å². The van der Waals surface area contributed by atoms with Crippen molar-refractivity contribution in [2.75, 3.05) is 11.9 Å². The molecule has 1 heterocycles. The molecule has 18 heavy (non-hydrogen) atoms. The third-order valence-corrected chi connectivity index (χ3v) is 1.79. The number of anilines is 1. The van der Waals surface area contributed by atoms with E-state index in [2.05, 4.69) is 9.72 Å². The van der Waals surface area contributed by atoms with Crippen molar-refractivity contribution in [2.45, 2.75) is 13.1 Å². The molecule has 0 fully saturated rings. The Morgan fingerprint density at radius 3 is 2.50 bits per heavy atom. The first kappa shape index (κ1) is 13.9. The van der Waals surface area contributed by atoms with Gasteiger partial charge in [0.15, 0.2) is 0 Å². The summed E-state index contributed by atoms with van der Waals surface area (Å²) >= 11 is 0. The van der Waals surface area contributed by atoms with Gasteiger partial charge >= 0.3 is 18.1 Å². The van der Waals surface area contributed by atoms with Gasteiger partial charge in [-0.1, -0.05) is 0 Å². The number of carbonyl (C=O) groups excluding carboxylic acids is 2. The summed E-state index contributed by atoms with van der Waals surface area (Å²) in [5.74, 6) is -2.38. The van der Waals surface area contributed by atoms with E-state index in [0.29, 0.717) is 6.20 Å². The molecule has 0 radical (unpaired) electrons. The monoisotopic (exact) mass is 262 g/mol. The van der Waals surface area contributed by atoms with Crippen molar-refractivity contribution in [1.82, 2.24) is 4.98 Å². The van der Waals surface area contributed by atoms with Crippen molar-refractivity contribution in [3.8, 4) is 0 Å². The molecule has 0 aliphatic heterocycles. The van der Waals surface area contributed by atoms with Crippen molar-refractivity contribution < 1.29 is 27.5 Å². The van der Waals surface area contributed by atoms with Crippen molar-refractivity contribution >= 4 is 17.7 Å². The number of hydrogen-bond donors (Lipinski definition) is 1. The molecule has 0 saturated heterocycles. The van der Waals surface area contributed by atoms with Gasteiger partial charge in [0, 0.05) is 6.20 Å². The Hall–Kier alpha value is -2.12. The van der Waals surface area contributed by atoms with Crippen LogP contribution in [0.15, 0.2) is 18.3 Å². The number of carbonyl (C=O) groups is 2. The highest BCUT2D eigenvalue weighted by atomic mass is 19.4. The van der Waals surface area contributed by atoms with Crippen molar-refractivity contribution in [2.24, 2.45) is 0 Å². The molecule has 0 aliphatic carbocycles. The van der Waals surface area contributed by atoms with Crippen LogP contribution in [0, 0.1) is 0 Å². The number of hydrogen-bond acceptors (Lipinski definition) is 4. The SMILES string of the molecule is CCOC(=O)C(=O)Nc1ccc(C(F)(F)F)cn1. The Morgan fingerprint density at radius 2 is 2.06 bits per heavy atom.